The standard InChI is InChI=1S/C13H14N2S/c1-8-6-10(8)13-15-12(7-16-13)9-4-2-3-5-11(9)14/h2-5,7-8,10H,6,14H2,1H3. The molecule has 3 rings (SSSR count). The Morgan fingerprint density at radius 2 is 2.12 bits per heavy atom. The molecule has 1 saturated carbocycles. The van der Waals surface area contributed by atoms with Crippen LogP contribution in [0.1, 0.15) is 24.3 Å². The third-order valence-electron chi connectivity index (χ3n) is 3.19. The summed E-state index contributed by atoms with van der Waals surface area (Å²) in [5.41, 5.74) is 8.83. The Bertz CT molecular complexity index is 518. The van der Waals surface area contributed by atoms with Gasteiger partial charge >= 0.3 is 0 Å². The number of aromatic nitrogens is 1. The highest BCUT2D eigenvalue weighted by Crippen LogP contribution is 2.48. The highest BCUT2D eigenvalue weighted by atomic mass is 32.1. The third-order valence-corrected chi connectivity index (χ3v) is 4.16. The molecule has 2 N–H and O–H groups in total. The van der Waals surface area contributed by atoms with Gasteiger partial charge in [0.05, 0.1) is 10.7 Å². The van der Waals surface area contributed by atoms with Crippen molar-refractivity contribution in [2.75, 3.05) is 5.73 Å². The lowest BCUT2D eigenvalue weighted by molar-refractivity contribution is 0.906. The van der Waals surface area contributed by atoms with E-state index in [0.717, 1.165) is 22.9 Å². The lowest BCUT2D eigenvalue weighted by Crippen LogP contribution is -1.89. The van der Waals surface area contributed by atoms with Gasteiger partial charge in [0.1, 0.15) is 0 Å². The van der Waals surface area contributed by atoms with Crippen molar-refractivity contribution < 1.29 is 0 Å². The van der Waals surface area contributed by atoms with Crippen molar-refractivity contribution >= 4 is 17.0 Å². The molecule has 0 amide bonds. The SMILES string of the molecule is CC1CC1c1nc(-c2ccccc2N)cs1. The molecule has 0 saturated heterocycles. The summed E-state index contributed by atoms with van der Waals surface area (Å²) in [7, 11) is 0. The second kappa shape index (κ2) is 3.59. The number of para-hydroxylation sites is 1. The largest absolute Gasteiger partial charge is 0.398 e. The van der Waals surface area contributed by atoms with Gasteiger partial charge in [-0.05, 0) is 18.4 Å². The molecular weight excluding hydrogens is 216 g/mol. The van der Waals surface area contributed by atoms with Gasteiger partial charge in [0.15, 0.2) is 0 Å². The molecule has 0 aliphatic heterocycles. The van der Waals surface area contributed by atoms with Gasteiger partial charge in [0, 0.05) is 22.5 Å². The van der Waals surface area contributed by atoms with Crippen LogP contribution in [0.15, 0.2) is 29.6 Å². The maximum absolute atomic E-state index is 5.95. The summed E-state index contributed by atoms with van der Waals surface area (Å²) in [6, 6.07) is 7.91. The molecule has 1 aliphatic carbocycles. The fourth-order valence-electron chi connectivity index (χ4n) is 1.98. The Morgan fingerprint density at radius 3 is 2.81 bits per heavy atom. The first-order chi connectivity index (χ1) is 7.75. The monoisotopic (exact) mass is 230 g/mol. The minimum Gasteiger partial charge on any atom is -0.398 e. The predicted octanol–water partition coefficient (Wildman–Crippen LogP) is 3.52. The zero-order valence-corrected chi connectivity index (χ0v) is 10.00. The van der Waals surface area contributed by atoms with Gasteiger partial charge in [-0.1, -0.05) is 25.1 Å². The number of nitrogens with two attached hydrogens (primary N) is 1. The number of thiazole rings is 1. The van der Waals surface area contributed by atoms with Gasteiger partial charge < -0.3 is 5.73 Å². The van der Waals surface area contributed by atoms with E-state index in [9.17, 15) is 0 Å². The number of nitrogens with zero attached hydrogens (tertiary/aromatic N) is 1. The van der Waals surface area contributed by atoms with Gasteiger partial charge in [-0.2, -0.15) is 0 Å². The summed E-state index contributed by atoms with van der Waals surface area (Å²) in [5.74, 6) is 1.51. The molecule has 82 valence electrons. The minimum absolute atomic E-state index is 0.698. The first-order valence-electron chi connectivity index (χ1n) is 5.56. The van der Waals surface area contributed by atoms with Crippen LogP contribution in [0.25, 0.3) is 11.3 Å². The van der Waals surface area contributed by atoms with Crippen LogP contribution < -0.4 is 5.73 Å². The fourth-order valence-corrected chi connectivity index (χ4v) is 3.04. The quantitative estimate of drug-likeness (QED) is 0.802. The minimum atomic E-state index is 0.698. The van der Waals surface area contributed by atoms with Crippen molar-refractivity contribution in [2.45, 2.75) is 19.3 Å². The van der Waals surface area contributed by atoms with Crippen LogP contribution in [0, 0.1) is 5.92 Å². The molecule has 2 atom stereocenters. The Morgan fingerprint density at radius 1 is 1.38 bits per heavy atom. The third kappa shape index (κ3) is 1.61. The van der Waals surface area contributed by atoms with E-state index in [2.05, 4.69) is 12.3 Å². The summed E-state index contributed by atoms with van der Waals surface area (Å²) in [6.07, 6.45) is 1.29. The first-order valence-corrected chi connectivity index (χ1v) is 6.44. The molecule has 2 unspecified atom stereocenters. The maximum Gasteiger partial charge on any atom is 0.0966 e. The van der Waals surface area contributed by atoms with Crippen molar-refractivity contribution in [2.24, 2.45) is 5.92 Å². The number of rotatable bonds is 2. The second-order valence-corrected chi connectivity index (χ2v) is 5.37. The molecule has 3 heteroatoms. The fraction of sp³-hybridized carbons (Fsp3) is 0.308. The number of nitrogen functional groups attached to an aromatic ring is 1. The van der Waals surface area contributed by atoms with Crippen molar-refractivity contribution in [1.29, 1.82) is 0 Å². The topological polar surface area (TPSA) is 38.9 Å². The summed E-state index contributed by atoms with van der Waals surface area (Å²) in [5, 5.41) is 3.39. The van der Waals surface area contributed by atoms with E-state index in [4.69, 9.17) is 10.7 Å². The Balaban J connectivity index is 1.95. The van der Waals surface area contributed by atoms with Crippen LogP contribution in [0.2, 0.25) is 0 Å². The van der Waals surface area contributed by atoms with E-state index in [0.29, 0.717) is 5.92 Å². The normalized spacial score (nSPS) is 23.3. The molecular formula is C13H14N2S. The lowest BCUT2D eigenvalue weighted by atomic mass is 10.1. The molecule has 16 heavy (non-hydrogen) atoms. The molecule has 0 spiro atoms. The highest BCUT2D eigenvalue weighted by molar-refractivity contribution is 7.10. The van der Waals surface area contributed by atoms with Crippen LogP contribution in [0.3, 0.4) is 0 Å². The van der Waals surface area contributed by atoms with E-state index in [1.54, 1.807) is 11.3 Å². The zero-order valence-electron chi connectivity index (χ0n) is 9.18. The summed E-state index contributed by atoms with van der Waals surface area (Å²) < 4.78 is 0. The molecule has 1 aromatic heterocycles. The first kappa shape index (κ1) is 9.85. The van der Waals surface area contributed by atoms with Gasteiger partial charge in [-0.25, -0.2) is 4.98 Å². The average Bonchev–Trinajstić information content (AvgIpc) is 2.82. The number of hydrogen-bond acceptors (Lipinski definition) is 3. The van der Waals surface area contributed by atoms with E-state index in [1.807, 2.05) is 24.3 Å². The van der Waals surface area contributed by atoms with Gasteiger partial charge in [-0.3, -0.25) is 0 Å². The van der Waals surface area contributed by atoms with Crippen molar-refractivity contribution in [1.82, 2.24) is 4.98 Å². The Hall–Kier alpha value is -1.35. The van der Waals surface area contributed by atoms with Gasteiger partial charge in [0.2, 0.25) is 0 Å². The van der Waals surface area contributed by atoms with E-state index in [1.165, 1.54) is 11.4 Å². The smallest absolute Gasteiger partial charge is 0.0966 e. The second-order valence-electron chi connectivity index (χ2n) is 4.48. The van der Waals surface area contributed by atoms with Gasteiger partial charge in [-0.15, -0.1) is 11.3 Å². The Labute approximate surface area is 99.1 Å². The van der Waals surface area contributed by atoms with Crippen LogP contribution >= 0.6 is 11.3 Å². The van der Waals surface area contributed by atoms with E-state index < -0.39 is 0 Å². The maximum atomic E-state index is 5.95. The van der Waals surface area contributed by atoms with E-state index in [-0.39, 0.29) is 0 Å². The summed E-state index contributed by atoms with van der Waals surface area (Å²) in [4.78, 5) is 4.69. The molecule has 1 aliphatic rings. The van der Waals surface area contributed by atoms with Crippen LogP contribution in [-0.4, -0.2) is 4.98 Å². The van der Waals surface area contributed by atoms with Crippen LogP contribution in [0.5, 0.6) is 0 Å². The molecule has 1 aromatic carbocycles. The van der Waals surface area contributed by atoms with Crippen LogP contribution in [-0.2, 0) is 0 Å². The molecule has 0 bridgehead atoms. The number of hydrogen-bond donors (Lipinski definition) is 1. The van der Waals surface area contributed by atoms with Gasteiger partial charge in [0.25, 0.3) is 0 Å². The Kier molecular flexibility index (Phi) is 2.21. The van der Waals surface area contributed by atoms with Crippen molar-refractivity contribution in [3.05, 3.63) is 34.7 Å². The number of benzene rings is 1. The highest BCUT2D eigenvalue weighted by Gasteiger charge is 2.36. The summed E-state index contributed by atoms with van der Waals surface area (Å²) >= 11 is 1.76. The van der Waals surface area contributed by atoms with Crippen molar-refractivity contribution in [3.8, 4) is 11.3 Å². The van der Waals surface area contributed by atoms with Crippen LogP contribution in [0.4, 0.5) is 5.69 Å². The lowest BCUT2D eigenvalue weighted by Gasteiger charge is -2.00. The average molecular weight is 230 g/mol. The molecule has 0 radical (unpaired) electrons. The molecule has 2 aromatic rings. The van der Waals surface area contributed by atoms with Crippen molar-refractivity contribution in [3.63, 3.8) is 0 Å². The predicted molar refractivity (Wildman–Crippen MR) is 68.5 cm³/mol. The van der Waals surface area contributed by atoms with E-state index >= 15 is 0 Å². The molecule has 1 heterocycles. The molecule has 2 nitrogen and oxygen atoms in total. The number of anilines is 1. The molecule has 1 fully saturated rings. The zero-order chi connectivity index (χ0) is 11.1. The summed E-state index contributed by atoms with van der Waals surface area (Å²) in [6.45, 7) is 2.28.